The summed E-state index contributed by atoms with van der Waals surface area (Å²) >= 11 is 0. The highest BCUT2D eigenvalue weighted by Crippen LogP contribution is 1.80. The van der Waals surface area contributed by atoms with Crippen LogP contribution in [0, 0.1) is 0 Å². The van der Waals surface area contributed by atoms with Crippen LogP contribution in [0.5, 0.6) is 0 Å². The molecule has 2 nitrogen and oxygen atoms in total. The van der Waals surface area contributed by atoms with Crippen molar-refractivity contribution in [1.29, 1.82) is 0 Å². The van der Waals surface area contributed by atoms with Gasteiger partial charge in [0.2, 0.25) is 0 Å². The zero-order valence-electron chi connectivity index (χ0n) is 3.07. The third-order valence-corrected chi connectivity index (χ3v) is 0.813. The van der Waals surface area contributed by atoms with Crippen molar-refractivity contribution in [2.24, 2.45) is 5.73 Å². The molecule has 0 aromatic rings. The van der Waals surface area contributed by atoms with Gasteiger partial charge in [0.1, 0.15) is 0 Å². The van der Waals surface area contributed by atoms with Gasteiger partial charge in [-0.2, -0.15) is 0 Å². The lowest BCUT2D eigenvalue weighted by Gasteiger charge is -2.21. The third kappa shape index (κ3) is 0.412. The maximum absolute atomic E-state index is 5.32. The van der Waals surface area contributed by atoms with Gasteiger partial charge in [0.15, 0.2) is 0 Å². The molecule has 30 valence electrons. The molecule has 1 aliphatic heterocycles. The van der Waals surface area contributed by atoms with Crippen molar-refractivity contribution < 1.29 is 0 Å². The molecular weight excluding hydrogens is 64.0 g/mol. The van der Waals surface area contributed by atoms with Crippen LogP contribution in [0.2, 0.25) is 0 Å². The van der Waals surface area contributed by atoms with Gasteiger partial charge in [0.25, 0.3) is 0 Å². The molecule has 0 atom stereocenters. The first-order valence-corrected chi connectivity index (χ1v) is 1.86. The second-order valence-corrected chi connectivity index (χ2v) is 1.42. The van der Waals surface area contributed by atoms with E-state index in [0.29, 0.717) is 6.04 Å². The van der Waals surface area contributed by atoms with Crippen molar-refractivity contribution in [3.63, 3.8) is 0 Å². The van der Waals surface area contributed by atoms with E-state index in [-0.39, 0.29) is 0 Å². The van der Waals surface area contributed by atoms with E-state index < -0.39 is 0 Å². The summed E-state index contributed by atoms with van der Waals surface area (Å²) in [5.41, 5.74) is 5.32. The predicted molar refractivity (Wildman–Crippen MR) is 20.8 cm³/mol. The molecule has 0 spiro atoms. The van der Waals surface area contributed by atoms with E-state index in [4.69, 9.17) is 5.73 Å². The number of nitrogens with one attached hydrogen (secondary N) is 1. The topological polar surface area (TPSA) is 38.0 Å². The Morgan fingerprint density at radius 1 is 1.60 bits per heavy atom. The summed E-state index contributed by atoms with van der Waals surface area (Å²) in [5, 5.41) is 3.04. The monoisotopic (exact) mass is 72.1 g/mol. The van der Waals surface area contributed by atoms with Gasteiger partial charge in [0.05, 0.1) is 0 Å². The zero-order valence-corrected chi connectivity index (χ0v) is 3.07. The summed E-state index contributed by atoms with van der Waals surface area (Å²) in [4.78, 5) is 0. The number of rotatable bonds is 0. The molecule has 1 fully saturated rings. The number of hydrogen-bond donors (Lipinski definition) is 2. The summed E-state index contributed by atoms with van der Waals surface area (Å²) in [6.07, 6.45) is 0. The Bertz CT molecular complexity index is 31.9. The van der Waals surface area contributed by atoms with E-state index in [1.165, 1.54) is 0 Å². The van der Waals surface area contributed by atoms with Gasteiger partial charge in [-0.25, -0.2) is 0 Å². The Labute approximate surface area is 31.4 Å². The van der Waals surface area contributed by atoms with Crippen LogP contribution in [0.3, 0.4) is 0 Å². The van der Waals surface area contributed by atoms with Crippen molar-refractivity contribution in [2.75, 3.05) is 13.1 Å². The smallest absolute Gasteiger partial charge is 0.0292 e. The Hall–Kier alpha value is -0.0800. The lowest BCUT2D eigenvalue weighted by atomic mass is 10.2. The highest BCUT2D eigenvalue weighted by molar-refractivity contribution is 4.76. The Kier molecular flexibility index (Phi) is 0.596. The van der Waals surface area contributed by atoms with Gasteiger partial charge in [-0.1, -0.05) is 0 Å². The summed E-state index contributed by atoms with van der Waals surface area (Å²) in [6, 6.07) is 0.454. The second-order valence-electron chi connectivity index (χ2n) is 1.42. The second kappa shape index (κ2) is 0.954. The maximum Gasteiger partial charge on any atom is 0.0292 e. The molecule has 1 aliphatic rings. The molecule has 1 heterocycles. The standard InChI is InChI=1S/C3H8N2/c4-3-1-5-2-3/h3,5H,1-2,4H2. The van der Waals surface area contributed by atoms with Gasteiger partial charge in [-0.3, -0.25) is 0 Å². The first-order valence-electron chi connectivity index (χ1n) is 1.86. The van der Waals surface area contributed by atoms with Crippen molar-refractivity contribution in [3.8, 4) is 0 Å². The molecule has 3 N–H and O–H groups in total. The summed E-state index contributed by atoms with van der Waals surface area (Å²) < 4.78 is 0. The molecule has 2 heteroatoms. The van der Waals surface area contributed by atoms with Gasteiger partial charge >= 0.3 is 0 Å². The first-order chi connectivity index (χ1) is 2.39. The molecule has 0 amide bonds. The quantitative estimate of drug-likeness (QED) is 0.382. The molecule has 0 radical (unpaired) electrons. The van der Waals surface area contributed by atoms with Crippen molar-refractivity contribution in [1.82, 2.24) is 5.32 Å². The lowest BCUT2D eigenvalue weighted by molar-refractivity contribution is 0.445. The van der Waals surface area contributed by atoms with Crippen LogP contribution < -0.4 is 11.1 Å². The van der Waals surface area contributed by atoms with Crippen molar-refractivity contribution in [2.45, 2.75) is 6.04 Å². The zero-order chi connectivity index (χ0) is 3.70. The minimum atomic E-state index is 0.454. The molecule has 0 bridgehead atoms. The summed E-state index contributed by atoms with van der Waals surface area (Å²) in [5.74, 6) is 0. The minimum absolute atomic E-state index is 0.454. The van der Waals surface area contributed by atoms with Crippen LogP contribution in [-0.2, 0) is 0 Å². The van der Waals surface area contributed by atoms with E-state index in [0.717, 1.165) is 13.1 Å². The SMILES string of the molecule is NC1CNC1. The Morgan fingerprint density at radius 3 is 2.00 bits per heavy atom. The van der Waals surface area contributed by atoms with E-state index in [1.54, 1.807) is 0 Å². The molecular formula is C3H8N2. The third-order valence-electron chi connectivity index (χ3n) is 0.813. The van der Waals surface area contributed by atoms with E-state index >= 15 is 0 Å². The molecule has 1 saturated heterocycles. The molecule has 0 aromatic carbocycles. The van der Waals surface area contributed by atoms with Gasteiger partial charge < -0.3 is 11.1 Å². The van der Waals surface area contributed by atoms with E-state index in [1.807, 2.05) is 0 Å². The average molecular weight is 72.1 g/mol. The fourth-order valence-corrected chi connectivity index (χ4v) is 0.311. The van der Waals surface area contributed by atoms with Crippen LogP contribution in [0.15, 0.2) is 0 Å². The molecule has 5 heavy (non-hydrogen) atoms. The average Bonchev–Trinajstić information content (AvgIpc) is 1.30. The highest BCUT2D eigenvalue weighted by Gasteiger charge is 2.08. The molecule has 1 rings (SSSR count). The number of hydrogen-bond acceptors (Lipinski definition) is 2. The fraction of sp³-hybridized carbons (Fsp3) is 1.00. The molecule has 0 saturated carbocycles. The maximum atomic E-state index is 5.32. The molecule has 0 unspecified atom stereocenters. The van der Waals surface area contributed by atoms with Gasteiger partial charge in [0, 0.05) is 19.1 Å². The van der Waals surface area contributed by atoms with Crippen LogP contribution >= 0.6 is 0 Å². The Balaban J connectivity index is 2.08. The minimum Gasteiger partial charge on any atom is -0.326 e. The molecule has 0 aliphatic carbocycles. The van der Waals surface area contributed by atoms with Gasteiger partial charge in [-0.15, -0.1) is 0 Å². The van der Waals surface area contributed by atoms with Crippen LogP contribution in [0.25, 0.3) is 0 Å². The van der Waals surface area contributed by atoms with Crippen molar-refractivity contribution >= 4 is 0 Å². The van der Waals surface area contributed by atoms with Crippen LogP contribution in [0.4, 0.5) is 0 Å². The van der Waals surface area contributed by atoms with E-state index in [2.05, 4.69) is 5.32 Å². The largest absolute Gasteiger partial charge is 0.326 e. The number of nitrogens with two attached hydrogens (primary N) is 1. The first kappa shape index (κ1) is 3.12. The van der Waals surface area contributed by atoms with Crippen molar-refractivity contribution in [3.05, 3.63) is 0 Å². The van der Waals surface area contributed by atoms with Crippen LogP contribution in [0.1, 0.15) is 0 Å². The van der Waals surface area contributed by atoms with Crippen LogP contribution in [-0.4, -0.2) is 19.1 Å². The lowest BCUT2D eigenvalue weighted by Crippen LogP contribution is -2.52. The van der Waals surface area contributed by atoms with Gasteiger partial charge in [-0.05, 0) is 0 Å². The summed E-state index contributed by atoms with van der Waals surface area (Å²) in [6.45, 7) is 2.03. The normalized spacial score (nSPS) is 25.8. The summed E-state index contributed by atoms with van der Waals surface area (Å²) in [7, 11) is 0. The predicted octanol–water partition coefficient (Wildman–Crippen LogP) is -1.08. The van der Waals surface area contributed by atoms with E-state index in [9.17, 15) is 0 Å². The molecule has 0 aromatic heterocycles. The fourth-order valence-electron chi connectivity index (χ4n) is 0.311. The highest BCUT2D eigenvalue weighted by atomic mass is 15.0. The Morgan fingerprint density at radius 2 is 2.00 bits per heavy atom.